The summed E-state index contributed by atoms with van der Waals surface area (Å²) < 4.78 is 227. The number of rotatable bonds is 10. The Morgan fingerprint density at radius 2 is 0.938 bits per heavy atom. The van der Waals surface area contributed by atoms with Crippen LogP contribution < -0.4 is 0 Å². The van der Waals surface area contributed by atoms with Crippen LogP contribution in [0.3, 0.4) is 0 Å². The van der Waals surface area contributed by atoms with Crippen molar-refractivity contribution in [3.05, 3.63) is 12.7 Å². The molecule has 0 rings (SSSR count). The van der Waals surface area contributed by atoms with Crippen molar-refractivity contribution in [1.82, 2.24) is 0 Å². The largest absolute Gasteiger partial charge is 0.473 e. The van der Waals surface area contributed by atoms with Crippen molar-refractivity contribution in [3.8, 4) is 0 Å². The first-order chi connectivity index (χ1) is 13.6. The number of alkyl halides is 17. The smallest absolute Gasteiger partial charge is 0.393 e. The lowest BCUT2D eigenvalue weighted by molar-refractivity contribution is -0.469. The molecule has 0 N–H and O–H groups in total. The lowest BCUT2D eigenvalue weighted by Crippen LogP contribution is -2.75. The van der Waals surface area contributed by atoms with Gasteiger partial charge in [-0.15, -0.1) is 0 Å². The molecule has 0 heterocycles. The standard InChI is InChI=1S/C13H7F17O2/c1-3-5(31)32-13(29,30)12(27,28)11(25,26)10(23,24)9(21,22)8(19,20)7(17,18)6(15,16)4(2)14/h3-4H,1H2,2H3. The highest BCUT2D eigenvalue weighted by Gasteiger charge is 2.95. The Hall–Kier alpha value is -1.98. The summed E-state index contributed by atoms with van der Waals surface area (Å²) in [5.41, 5.74) is 0. The molecule has 0 aliphatic rings. The number of carbonyl (C=O) groups is 1. The molecular weight excluding hydrogens is 511 g/mol. The fourth-order valence-electron chi connectivity index (χ4n) is 1.66. The van der Waals surface area contributed by atoms with Gasteiger partial charge in [0.15, 0.2) is 6.17 Å². The van der Waals surface area contributed by atoms with Gasteiger partial charge < -0.3 is 4.74 Å². The van der Waals surface area contributed by atoms with E-state index in [9.17, 15) is 79.4 Å². The van der Waals surface area contributed by atoms with Gasteiger partial charge in [0.1, 0.15) is 0 Å². The molecule has 0 aromatic carbocycles. The van der Waals surface area contributed by atoms with E-state index in [1.165, 1.54) is 0 Å². The van der Waals surface area contributed by atoms with Crippen LogP contribution >= 0.6 is 0 Å². The van der Waals surface area contributed by atoms with Gasteiger partial charge in [0.05, 0.1) is 0 Å². The second-order valence-corrected chi connectivity index (χ2v) is 5.83. The van der Waals surface area contributed by atoms with E-state index in [0.717, 1.165) is 0 Å². The molecule has 190 valence electrons. The van der Waals surface area contributed by atoms with E-state index >= 15 is 0 Å². The zero-order chi connectivity index (χ0) is 26.6. The molecule has 19 heteroatoms. The second-order valence-electron chi connectivity index (χ2n) is 5.83. The van der Waals surface area contributed by atoms with Crippen molar-refractivity contribution in [2.45, 2.75) is 60.7 Å². The minimum atomic E-state index is -8.68. The number of halogens is 17. The minimum Gasteiger partial charge on any atom is -0.393 e. The molecule has 2 nitrogen and oxygen atoms in total. The third kappa shape index (κ3) is 3.73. The molecule has 0 aromatic heterocycles. The highest BCUT2D eigenvalue weighted by molar-refractivity contribution is 5.81. The van der Waals surface area contributed by atoms with Gasteiger partial charge in [0, 0.05) is 6.08 Å². The number of hydrogen-bond donors (Lipinski definition) is 0. The molecule has 0 fully saturated rings. The zero-order valence-corrected chi connectivity index (χ0v) is 14.6. The Labute approximate surface area is 165 Å². The molecule has 0 radical (unpaired) electrons. The van der Waals surface area contributed by atoms with E-state index in [1.54, 1.807) is 0 Å². The van der Waals surface area contributed by atoms with E-state index in [4.69, 9.17) is 0 Å². The first kappa shape index (κ1) is 30.0. The van der Waals surface area contributed by atoms with Gasteiger partial charge in [0.2, 0.25) is 0 Å². The molecule has 0 bridgehead atoms. The molecule has 0 aliphatic carbocycles. The van der Waals surface area contributed by atoms with E-state index in [-0.39, 0.29) is 0 Å². The van der Waals surface area contributed by atoms with Gasteiger partial charge >= 0.3 is 53.5 Å². The van der Waals surface area contributed by atoms with Crippen LogP contribution in [0.5, 0.6) is 0 Å². The minimum absolute atomic E-state index is 0.468. The van der Waals surface area contributed by atoms with Crippen LogP contribution in [0.25, 0.3) is 0 Å². The lowest BCUT2D eigenvalue weighted by atomic mass is 9.88. The van der Waals surface area contributed by atoms with E-state index in [1.807, 2.05) is 0 Å². The quantitative estimate of drug-likeness (QED) is 0.198. The molecular formula is C13H7F17O2. The topological polar surface area (TPSA) is 26.3 Å². The van der Waals surface area contributed by atoms with Crippen LogP contribution in [0.15, 0.2) is 12.7 Å². The predicted molar refractivity (Wildman–Crippen MR) is 66.4 cm³/mol. The maximum Gasteiger partial charge on any atom is 0.473 e. The van der Waals surface area contributed by atoms with Crippen LogP contribution in [0.1, 0.15) is 6.92 Å². The molecule has 1 atom stereocenters. The summed E-state index contributed by atoms with van der Waals surface area (Å²) in [5, 5.41) is 0. The van der Waals surface area contributed by atoms with Crippen molar-refractivity contribution in [1.29, 1.82) is 0 Å². The van der Waals surface area contributed by atoms with Gasteiger partial charge in [-0.05, 0) is 6.92 Å². The number of carbonyl (C=O) groups excluding carboxylic acids is 1. The monoisotopic (exact) mass is 518 g/mol. The maximum atomic E-state index is 13.4. The van der Waals surface area contributed by atoms with Crippen molar-refractivity contribution in [2.24, 2.45) is 0 Å². The van der Waals surface area contributed by atoms with Crippen molar-refractivity contribution >= 4 is 5.97 Å². The first-order valence-corrected chi connectivity index (χ1v) is 7.17. The Morgan fingerprint density at radius 1 is 0.656 bits per heavy atom. The van der Waals surface area contributed by atoms with Gasteiger partial charge in [0.25, 0.3) is 0 Å². The molecule has 1 unspecified atom stereocenters. The molecule has 0 amide bonds. The predicted octanol–water partition coefficient (Wildman–Crippen LogP) is 6.11. The Kier molecular flexibility index (Phi) is 7.32. The highest BCUT2D eigenvalue weighted by Crippen LogP contribution is 2.64. The van der Waals surface area contributed by atoms with Crippen LogP contribution in [-0.4, -0.2) is 59.7 Å². The normalized spacial score (nSPS) is 16.6. The lowest BCUT2D eigenvalue weighted by Gasteiger charge is -2.43. The average Bonchev–Trinajstić information content (AvgIpc) is 2.59. The fourth-order valence-corrected chi connectivity index (χ4v) is 1.66. The van der Waals surface area contributed by atoms with Crippen LogP contribution in [0, 0.1) is 0 Å². The Bertz CT molecular complexity index is 724. The molecule has 0 saturated carbocycles. The van der Waals surface area contributed by atoms with Crippen LogP contribution in [0.2, 0.25) is 0 Å². The molecule has 0 saturated heterocycles. The van der Waals surface area contributed by atoms with Crippen molar-refractivity contribution < 1.29 is 84.2 Å². The average molecular weight is 518 g/mol. The van der Waals surface area contributed by atoms with Crippen molar-refractivity contribution in [3.63, 3.8) is 0 Å². The summed E-state index contributed by atoms with van der Waals surface area (Å²) in [6.07, 6.45) is -12.2. The Balaban J connectivity index is 6.80. The van der Waals surface area contributed by atoms with Gasteiger partial charge in [-0.1, -0.05) is 6.58 Å². The van der Waals surface area contributed by atoms with E-state index < -0.39 is 72.7 Å². The number of esters is 1. The first-order valence-electron chi connectivity index (χ1n) is 7.17. The molecule has 32 heavy (non-hydrogen) atoms. The number of ether oxygens (including phenoxy) is 1. The van der Waals surface area contributed by atoms with E-state index in [2.05, 4.69) is 11.3 Å². The molecule has 0 spiro atoms. The number of hydrogen-bond acceptors (Lipinski definition) is 2. The second kappa shape index (κ2) is 7.81. The summed E-state index contributed by atoms with van der Waals surface area (Å²) in [5.74, 6) is -60.1. The van der Waals surface area contributed by atoms with Gasteiger partial charge in [-0.25, -0.2) is 9.18 Å². The molecule has 0 aliphatic heterocycles. The SMILES string of the molecule is C=CC(=O)OC(F)(F)C(F)(F)C(F)(F)C(F)(F)C(F)(F)C(F)(F)C(F)(F)C(F)(F)C(C)F. The summed E-state index contributed by atoms with van der Waals surface area (Å²) in [7, 11) is 0. The third-order valence-electron chi connectivity index (χ3n) is 3.65. The van der Waals surface area contributed by atoms with Gasteiger partial charge in [-0.3, -0.25) is 0 Å². The zero-order valence-electron chi connectivity index (χ0n) is 14.6. The molecule has 0 aromatic rings. The van der Waals surface area contributed by atoms with Crippen molar-refractivity contribution in [2.75, 3.05) is 0 Å². The maximum absolute atomic E-state index is 13.4. The Morgan fingerprint density at radius 3 is 1.22 bits per heavy atom. The van der Waals surface area contributed by atoms with Crippen LogP contribution in [0.4, 0.5) is 74.6 Å². The third-order valence-corrected chi connectivity index (χ3v) is 3.65. The fraction of sp³-hybridized carbons (Fsp3) is 0.769. The van der Waals surface area contributed by atoms with E-state index in [0.29, 0.717) is 0 Å². The summed E-state index contributed by atoms with van der Waals surface area (Å²) in [6, 6.07) is 0. The highest BCUT2D eigenvalue weighted by atomic mass is 19.4. The van der Waals surface area contributed by atoms with Crippen LogP contribution in [-0.2, 0) is 9.53 Å². The van der Waals surface area contributed by atoms with Gasteiger partial charge in [-0.2, -0.15) is 70.2 Å². The summed E-state index contributed by atoms with van der Waals surface area (Å²) >= 11 is 0. The summed E-state index contributed by atoms with van der Waals surface area (Å²) in [4.78, 5) is 10.4. The summed E-state index contributed by atoms with van der Waals surface area (Å²) in [6.45, 7) is 1.60.